The molecule has 3 fully saturated rings. The molecule has 0 aromatic carbocycles. The van der Waals surface area contributed by atoms with Gasteiger partial charge in [0.25, 0.3) is 0 Å². The number of carbonyl (C=O) groups is 1. The predicted octanol–water partition coefficient (Wildman–Crippen LogP) is 1.37. The lowest BCUT2D eigenvalue weighted by Crippen LogP contribution is -2.44. The van der Waals surface area contributed by atoms with E-state index in [1.54, 1.807) is 0 Å². The standard InChI is InChI=1S/C16H29N3O/c1-12-15-9-17-8-13(15)10-19(12)11-16(20)18-14-6-4-2-3-5-7-14/h12-15,17H,2-11H2,1H3,(H,18,20). The highest BCUT2D eigenvalue weighted by molar-refractivity contribution is 5.78. The van der Waals surface area contributed by atoms with Crippen LogP contribution >= 0.6 is 0 Å². The van der Waals surface area contributed by atoms with E-state index in [1.807, 2.05) is 0 Å². The Morgan fingerprint density at radius 2 is 1.95 bits per heavy atom. The maximum atomic E-state index is 12.3. The van der Waals surface area contributed by atoms with Crippen molar-refractivity contribution in [2.24, 2.45) is 11.8 Å². The van der Waals surface area contributed by atoms with Gasteiger partial charge in [-0.2, -0.15) is 0 Å². The van der Waals surface area contributed by atoms with Gasteiger partial charge in [-0.1, -0.05) is 25.7 Å². The summed E-state index contributed by atoms with van der Waals surface area (Å²) in [5.41, 5.74) is 0. The van der Waals surface area contributed by atoms with Crippen molar-refractivity contribution in [3.8, 4) is 0 Å². The van der Waals surface area contributed by atoms with E-state index in [4.69, 9.17) is 0 Å². The first kappa shape index (κ1) is 14.3. The highest BCUT2D eigenvalue weighted by Crippen LogP contribution is 2.31. The summed E-state index contributed by atoms with van der Waals surface area (Å²) in [5, 5.41) is 6.75. The molecule has 0 aromatic rings. The summed E-state index contributed by atoms with van der Waals surface area (Å²) >= 11 is 0. The van der Waals surface area contributed by atoms with E-state index in [9.17, 15) is 4.79 Å². The SMILES string of the molecule is CC1C2CNCC2CN1CC(=O)NC1CCCCCC1. The number of carbonyl (C=O) groups excluding carboxylic acids is 1. The van der Waals surface area contributed by atoms with Crippen molar-refractivity contribution < 1.29 is 4.79 Å². The minimum absolute atomic E-state index is 0.247. The zero-order valence-corrected chi connectivity index (χ0v) is 12.7. The van der Waals surface area contributed by atoms with Gasteiger partial charge in [0.15, 0.2) is 0 Å². The van der Waals surface area contributed by atoms with Crippen LogP contribution in [0.3, 0.4) is 0 Å². The van der Waals surface area contributed by atoms with Gasteiger partial charge in [-0.25, -0.2) is 0 Å². The van der Waals surface area contributed by atoms with Gasteiger partial charge in [-0.3, -0.25) is 9.69 Å². The fourth-order valence-electron chi connectivity index (χ4n) is 4.35. The largest absolute Gasteiger partial charge is 0.352 e. The van der Waals surface area contributed by atoms with Crippen molar-refractivity contribution in [3.63, 3.8) is 0 Å². The fraction of sp³-hybridized carbons (Fsp3) is 0.938. The third-order valence-electron chi connectivity index (χ3n) is 5.62. The molecule has 2 N–H and O–H groups in total. The first-order valence-corrected chi connectivity index (χ1v) is 8.48. The summed E-state index contributed by atoms with van der Waals surface area (Å²) in [6.07, 6.45) is 7.59. The second-order valence-corrected chi connectivity index (χ2v) is 7.01. The van der Waals surface area contributed by atoms with E-state index >= 15 is 0 Å². The van der Waals surface area contributed by atoms with Crippen molar-refractivity contribution in [2.45, 2.75) is 57.5 Å². The number of rotatable bonds is 3. The Morgan fingerprint density at radius 1 is 1.20 bits per heavy atom. The number of amides is 1. The Morgan fingerprint density at radius 3 is 2.65 bits per heavy atom. The Balaban J connectivity index is 1.46. The lowest BCUT2D eigenvalue weighted by atomic mass is 9.95. The molecule has 2 heterocycles. The van der Waals surface area contributed by atoms with Crippen LogP contribution in [-0.2, 0) is 4.79 Å². The first-order valence-electron chi connectivity index (χ1n) is 8.48. The number of nitrogens with one attached hydrogen (secondary N) is 2. The average Bonchev–Trinajstić information content (AvgIpc) is 2.87. The van der Waals surface area contributed by atoms with E-state index in [0.717, 1.165) is 31.5 Å². The number of likely N-dealkylation sites (tertiary alicyclic amines) is 1. The molecule has 1 saturated carbocycles. The highest BCUT2D eigenvalue weighted by atomic mass is 16.2. The molecule has 20 heavy (non-hydrogen) atoms. The quantitative estimate of drug-likeness (QED) is 0.767. The van der Waals surface area contributed by atoms with Crippen LogP contribution in [0.2, 0.25) is 0 Å². The molecule has 1 amide bonds. The van der Waals surface area contributed by atoms with Crippen LogP contribution in [0.15, 0.2) is 0 Å². The lowest BCUT2D eigenvalue weighted by molar-refractivity contribution is -0.123. The highest BCUT2D eigenvalue weighted by Gasteiger charge is 2.42. The Hall–Kier alpha value is -0.610. The Labute approximate surface area is 122 Å². The van der Waals surface area contributed by atoms with Gasteiger partial charge in [0.05, 0.1) is 6.54 Å². The first-order chi connectivity index (χ1) is 9.74. The van der Waals surface area contributed by atoms with E-state index in [1.165, 1.54) is 38.5 Å². The second kappa shape index (κ2) is 6.44. The summed E-state index contributed by atoms with van der Waals surface area (Å²) in [6, 6.07) is 0.985. The van der Waals surface area contributed by atoms with Crippen LogP contribution in [0.1, 0.15) is 45.4 Å². The van der Waals surface area contributed by atoms with E-state index in [2.05, 4.69) is 22.5 Å². The molecule has 3 unspecified atom stereocenters. The molecule has 3 rings (SSSR count). The smallest absolute Gasteiger partial charge is 0.234 e. The van der Waals surface area contributed by atoms with Crippen LogP contribution in [-0.4, -0.2) is 49.1 Å². The Bertz CT molecular complexity index is 339. The van der Waals surface area contributed by atoms with Gasteiger partial charge in [-0.15, -0.1) is 0 Å². The molecule has 3 atom stereocenters. The summed E-state index contributed by atoms with van der Waals surface area (Å²) in [7, 11) is 0. The minimum atomic E-state index is 0.247. The molecule has 4 heteroatoms. The van der Waals surface area contributed by atoms with E-state index < -0.39 is 0 Å². The zero-order chi connectivity index (χ0) is 13.9. The van der Waals surface area contributed by atoms with E-state index in [0.29, 0.717) is 18.6 Å². The van der Waals surface area contributed by atoms with Crippen molar-refractivity contribution in [1.29, 1.82) is 0 Å². The molecule has 0 radical (unpaired) electrons. The number of fused-ring (bicyclic) bond motifs is 1. The number of nitrogens with zero attached hydrogens (tertiary/aromatic N) is 1. The zero-order valence-electron chi connectivity index (χ0n) is 12.7. The van der Waals surface area contributed by atoms with Gasteiger partial charge < -0.3 is 10.6 Å². The lowest BCUT2D eigenvalue weighted by Gasteiger charge is -2.25. The molecule has 4 nitrogen and oxygen atoms in total. The molecule has 3 aliphatic rings. The topological polar surface area (TPSA) is 44.4 Å². The second-order valence-electron chi connectivity index (χ2n) is 7.01. The maximum Gasteiger partial charge on any atom is 0.234 e. The third-order valence-corrected chi connectivity index (χ3v) is 5.62. The van der Waals surface area contributed by atoms with Gasteiger partial charge in [0.2, 0.25) is 5.91 Å². The van der Waals surface area contributed by atoms with Gasteiger partial charge >= 0.3 is 0 Å². The molecular formula is C16H29N3O. The summed E-state index contributed by atoms with van der Waals surface area (Å²) in [5.74, 6) is 1.76. The normalized spacial score (nSPS) is 35.8. The molecule has 2 aliphatic heterocycles. The number of hydrogen-bond acceptors (Lipinski definition) is 3. The van der Waals surface area contributed by atoms with Crippen LogP contribution in [0, 0.1) is 11.8 Å². The van der Waals surface area contributed by atoms with Crippen LogP contribution in [0.25, 0.3) is 0 Å². The fourth-order valence-corrected chi connectivity index (χ4v) is 4.35. The third kappa shape index (κ3) is 3.17. The van der Waals surface area contributed by atoms with Crippen molar-refractivity contribution in [3.05, 3.63) is 0 Å². The van der Waals surface area contributed by atoms with Gasteiger partial charge in [-0.05, 0) is 44.7 Å². The molecule has 0 bridgehead atoms. The minimum Gasteiger partial charge on any atom is -0.352 e. The van der Waals surface area contributed by atoms with Crippen molar-refractivity contribution >= 4 is 5.91 Å². The molecule has 0 spiro atoms. The average molecular weight is 279 g/mol. The van der Waals surface area contributed by atoms with Crippen LogP contribution in [0.4, 0.5) is 0 Å². The predicted molar refractivity (Wildman–Crippen MR) is 80.5 cm³/mol. The molecule has 1 aliphatic carbocycles. The maximum absolute atomic E-state index is 12.3. The number of hydrogen-bond donors (Lipinski definition) is 2. The summed E-state index contributed by atoms with van der Waals surface area (Å²) < 4.78 is 0. The monoisotopic (exact) mass is 279 g/mol. The van der Waals surface area contributed by atoms with Crippen molar-refractivity contribution in [1.82, 2.24) is 15.5 Å². The Kier molecular flexibility index (Phi) is 4.61. The summed E-state index contributed by atoms with van der Waals surface area (Å²) in [6.45, 7) is 6.25. The van der Waals surface area contributed by atoms with Gasteiger partial charge in [0.1, 0.15) is 0 Å². The molecular weight excluding hydrogens is 250 g/mol. The van der Waals surface area contributed by atoms with Crippen LogP contribution < -0.4 is 10.6 Å². The van der Waals surface area contributed by atoms with E-state index in [-0.39, 0.29) is 5.91 Å². The van der Waals surface area contributed by atoms with Crippen molar-refractivity contribution in [2.75, 3.05) is 26.2 Å². The van der Waals surface area contributed by atoms with Gasteiger partial charge in [0, 0.05) is 18.6 Å². The summed E-state index contributed by atoms with van der Waals surface area (Å²) in [4.78, 5) is 14.7. The molecule has 114 valence electrons. The molecule has 2 saturated heterocycles. The molecule has 0 aromatic heterocycles. The van der Waals surface area contributed by atoms with Crippen LogP contribution in [0.5, 0.6) is 0 Å².